The number of sulfonamides is 1. The van der Waals surface area contributed by atoms with Gasteiger partial charge >= 0.3 is 6.09 Å². The maximum atomic E-state index is 12.3. The van der Waals surface area contributed by atoms with E-state index in [1.54, 1.807) is 11.7 Å². The van der Waals surface area contributed by atoms with Crippen LogP contribution in [0, 0.1) is 0 Å². The highest BCUT2D eigenvalue weighted by atomic mass is 32.2. The molecule has 0 aliphatic carbocycles. The van der Waals surface area contributed by atoms with Gasteiger partial charge in [0.1, 0.15) is 0 Å². The molecule has 0 unspecified atom stereocenters. The van der Waals surface area contributed by atoms with Gasteiger partial charge < -0.3 is 10.2 Å². The summed E-state index contributed by atoms with van der Waals surface area (Å²) in [5, 5.41) is 21.3. The van der Waals surface area contributed by atoms with Crippen molar-refractivity contribution in [3.05, 3.63) is 88.4 Å². The Bertz CT molecular complexity index is 1130. The Labute approximate surface area is 204 Å². The second kappa shape index (κ2) is 12.1. The largest absolute Gasteiger partial charge is 0.465 e. The van der Waals surface area contributed by atoms with Gasteiger partial charge in [-0.15, -0.1) is 11.3 Å². The minimum absolute atomic E-state index is 0.0476. The van der Waals surface area contributed by atoms with Gasteiger partial charge in [-0.05, 0) is 30.4 Å². The Morgan fingerprint density at radius 2 is 1.65 bits per heavy atom. The van der Waals surface area contributed by atoms with Crippen LogP contribution < -0.4 is 4.72 Å². The van der Waals surface area contributed by atoms with Gasteiger partial charge in [0.25, 0.3) is 0 Å². The van der Waals surface area contributed by atoms with E-state index < -0.39 is 34.3 Å². The van der Waals surface area contributed by atoms with Crippen LogP contribution in [0.5, 0.6) is 0 Å². The number of aromatic nitrogens is 1. The summed E-state index contributed by atoms with van der Waals surface area (Å²) in [6, 6.07) is 17.3. The lowest BCUT2D eigenvalue weighted by atomic mass is 9.93. The Hall–Kier alpha value is -2.79. The molecule has 0 fully saturated rings. The summed E-state index contributed by atoms with van der Waals surface area (Å²) < 4.78 is 26.7. The Morgan fingerprint density at radius 1 is 1.06 bits per heavy atom. The molecule has 3 rings (SSSR count). The van der Waals surface area contributed by atoms with E-state index in [-0.39, 0.29) is 19.4 Å². The van der Waals surface area contributed by atoms with E-state index >= 15 is 0 Å². The van der Waals surface area contributed by atoms with Gasteiger partial charge in [-0.2, -0.15) is 0 Å². The van der Waals surface area contributed by atoms with Gasteiger partial charge in [-0.1, -0.05) is 60.7 Å². The molecule has 0 aliphatic rings. The number of carbonyl (C=O) groups is 1. The Balaban J connectivity index is 1.87. The first kappa shape index (κ1) is 25.8. The number of benzene rings is 2. The van der Waals surface area contributed by atoms with Crippen molar-refractivity contribution in [3.8, 4) is 0 Å². The molecule has 3 aromatic rings. The monoisotopic (exact) mass is 503 g/mol. The van der Waals surface area contributed by atoms with Gasteiger partial charge in [-0.3, -0.25) is 9.88 Å². The summed E-state index contributed by atoms with van der Waals surface area (Å²) in [7, 11) is -3.55. The fourth-order valence-electron chi connectivity index (χ4n) is 3.95. The number of aliphatic hydroxyl groups is 1. The summed E-state index contributed by atoms with van der Waals surface area (Å²) in [6.07, 6.45) is 1.10. The van der Waals surface area contributed by atoms with Gasteiger partial charge in [0.05, 0.1) is 30.5 Å². The lowest BCUT2D eigenvalue weighted by molar-refractivity contribution is 0.0358. The summed E-state index contributed by atoms with van der Waals surface area (Å²) >= 11 is 1.34. The van der Waals surface area contributed by atoms with Crippen LogP contribution in [0.15, 0.2) is 72.4 Å². The maximum absolute atomic E-state index is 12.3. The van der Waals surface area contributed by atoms with Gasteiger partial charge in [-0.25, -0.2) is 17.9 Å². The highest BCUT2D eigenvalue weighted by molar-refractivity contribution is 7.88. The molecular weight excluding hydrogens is 474 g/mol. The quantitative estimate of drug-likeness (QED) is 0.349. The molecule has 0 saturated carbocycles. The number of amides is 1. The molecule has 1 aromatic heterocycles. The third kappa shape index (κ3) is 8.21. The molecule has 0 aliphatic heterocycles. The molecule has 10 heteroatoms. The van der Waals surface area contributed by atoms with Crippen LogP contribution in [0.3, 0.4) is 0 Å². The third-order valence-corrected chi connectivity index (χ3v) is 6.95. The van der Waals surface area contributed by atoms with Crippen LogP contribution in [-0.4, -0.2) is 59.1 Å². The van der Waals surface area contributed by atoms with Crippen molar-refractivity contribution >= 4 is 27.5 Å². The molecule has 2 aromatic carbocycles. The Kier molecular flexibility index (Phi) is 9.17. The van der Waals surface area contributed by atoms with E-state index in [9.17, 15) is 23.4 Å². The molecule has 3 atom stereocenters. The molecular formula is C24H29N3O5S2. The molecule has 0 bridgehead atoms. The lowest BCUT2D eigenvalue weighted by Crippen LogP contribution is -2.50. The minimum Gasteiger partial charge on any atom is -0.465 e. The molecule has 8 nitrogen and oxygen atoms in total. The second-order valence-electron chi connectivity index (χ2n) is 8.22. The first-order chi connectivity index (χ1) is 16.2. The summed E-state index contributed by atoms with van der Waals surface area (Å²) in [5.74, 6) is 0. The number of nitrogens with one attached hydrogen (secondary N) is 1. The highest BCUT2D eigenvalue weighted by Gasteiger charge is 2.32. The van der Waals surface area contributed by atoms with Gasteiger partial charge in [0.15, 0.2) is 0 Å². The van der Waals surface area contributed by atoms with Crippen molar-refractivity contribution < 1.29 is 23.4 Å². The first-order valence-corrected chi connectivity index (χ1v) is 13.6. The van der Waals surface area contributed by atoms with Crippen molar-refractivity contribution in [2.75, 3.05) is 6.26 Å². The predicted molar refractivity (Wildman–Crippen MR) is 132 cm³/mol. The van der Waals surface area contributed by atoms with Crippen LogP contribution in [0.25, 0.3) is 0 Å². The summed E-state index contributed by atoms with van der Waals surface area (Å²) in [4.78, 5) is 18.2. The molecule has 0 saturated heterocycles. The van der Waals surface area contributed by atoms with E-state index in [4.69, 9.17) is 0 Å². The maximum Gasteiger partial charge on any atom is 0.407 e. The van der Waals surface area contributed by atoms with Crippen molar-refractivity contribution in [1.82, 2.24) is 14.6 Å². The number of hydrogen-bond acceptors (Lipinski definition) is 6. The number of hydrogen-bond donors (Lipinski definition) is 3. The number of aliphatic hydroxyl groups excluding tert-OH is 1. The fourth-order valence-corrected chi connectivity index (χ4v) is 5.32. The number of nitrogens with zero attached hydrogens (tertiary/aromatic N) is 2. The van der Waals surface area contributed by atoms with Crippen molar-refractivity contribution in [1.29, 1.82) is 0 Å². The predicted octanol–water partition coefficient (Wildman–Crippen LogP) is 3.15. The number of carboxylic acid groups (broad SMARTS) is 1. The van der Waals surface area contributed by atoms with Crippen molar-refractivity contribution in [2.24, 2.45) is 0 Å². The first-order valence-electron chi connectivity index (χ1n) is 10.8. The van der Waals surface area contributed by atoms with E-state index in [1.807, 2.05) is 60.7 Å². The van der Waals surface area contributed by atoms with E-state index in [2.05, 4.69) is 9.71 Å². The normalized spacial score (nSPS) is 14.3. The molecule has 3 N–H and O–H groups in total. The minimum atomic E-state index is -3.55. The topological polar surface area (TPSA) is 120 Å². The zero-order valence-electron chi connectivity index (χ0n) is 18.8. The average Bonchev–Trinajstić information content (AvgIpc) is 3.29. The zero-order valence-corrected chi connectivity index (χ0v) is 20.5. The molecule has 1 amide bonds. The van der Waals surface area contributed by atoms with Crippen LogP contribution in [0.4, 0.5) is 4.79 Å². The van der Waals surface area contributed by atoms with Gasteiger partial charge in [0.2, 0.25) is 10.0 Å². The van der Waals surface area contributed by atoms with Gasteiger partial charge in [0, 0.05) is 17.1 Å². The van der Waals surface area contributed by atoms with E-state index in [1.165, 1.54) is 16.2 Å². The fraction of sp³-hybridized carbons (Fsp3) is 0.333. The number of rotatable bonds is 12. The smallest absolute Gasteiger partial charge is 0.407 e. The average molecular weight is 504 g/mol. The number of thiazole rings is 1. The van der Waals surface area contributed by atoms with E-state index in [0.717, 1.165) is 22.3 Å². The highest BCUT2D eigenvalue weighted by Crippen LogP contribution is 2.21. The van der Waals surface area contributed by atoms with Crippen molar-refractivity contribution in [2.45, 2.75) is 44.0 Å². The second-order valence-corrected chi connectivity index (χ2v) is 11.0. The molecule has 0 spiro atoms. The molecule has 0 radical (unpaired) electrons. The molecule has 182 valence electrons. The molecule has 1 heterocycles. The zero-order chi connectivity index (χ0) is 24.6. The SMILES string of the molecule is CS(=O)(=O)N[C@@H](Cc1ccccc1)C[C@H](O)[C@H](Cc1ccccc1)N(Cc1cncs1)C(=O)O. The van der Waals surface area contributed by atoms with Crippen LogP contribution in [0.2, 0.25) is 0 Å². The standard InChI is InChI=1S/C24H29N3O5S2/c1-34(31,32)26-20(12-18-8-4-2-5-9-18)14-23(28)22(13-19-10-6-3-7-11-19)27(24(29)30)16-21-15-25-17-33-21/h2-11,15,17,20,22-23,26,28H,12-14,16H2,1H3,(H,29,30)/t20-,22-,23-/m0/s1. The van der Waals surface area contributed by atoms with Crippen LogP contribution >= 0.6 is 11.3 Å². The van der Waals surface area contributed by atoms with Crippen LogP contribution in [0.1, 0.15) is 22.4 Å². The van der Waals surface area contributed by atoms with Crippen LogP contribution in [-0.2, 0) is 29.4 Å². The lowest BCUT2D eigenvalue weighted by Gasteiger charge is -2.34. The molecule has 34 heavy (non-hydrogen) atoms. The third-order valence-electron chi connectivity index (χ3n) is 5.42. The van der Waals surface area contributed by atoms with E-state index in [0.29, 0.717) is 6.42 Å². The Morgan fingerprint density at radius 3 is 2.15 bits per heavy atom. The van der Waals surface area contributed by atoms with Crippen molar-refractivity contribution in [3.63, 3.8) is 0 Å². The summed E-state index contributed by atoms with van der Waals surface area (Å²) in [5.41, 5.74) is 3.41. The summed E-state index contributed by atoms with van der Waals surface area (Å²) in [6.45, 7) is 0.0808.